The molecule has 10 nitrogen and oxygen atoms in total. The highest BCUT2D eigenvalue weighted by Crippen LogP contribution is 2.41. The summed E-state index contributed by atoms with van der Waals surface area (Å²) in [6.07, 6.45) is 2.44. The van der Waals surface area contributed by atoms with Crippen LogP contribution < -0.4 is 11.1 Å². The summed E-state index contributed by atoms with van der Waals surface area (Å²) in [5, 5.41) is 14.5. The molecule has 1 aliphatic carbocycles. The number of nitro groups is 1. The minimum absolute atomic E-state index is 0.0492. The van der Waals surface area contributed by atoms with E-state index in [1.54, 1.807) is 26.8 Å². The molecule has 12 heteroatoms. The van der Waals surface area contributed by atoms with Gasteiger partial charge in [0, 0.05) is 37.3 Å². The molecule has 2 heterocycles. The number of ether oxygens (including phenoxy) is 2. The van der Waals surface area contributed by atoms with Gasteiger partial charge in [-0.1, -0.05) is 54.6 Å². The molecule has 3 N–H and O–H groups in total. The van der Waals surface area contributed by atoms with E-state index in [0.29, 0.717) is 24.4 Å². The van der Waals surface area contributed by atoms with Crippen molar-refractivity contribution in [2.45, 2.75) is 57.3 Å². The van der Waals surface area contributed by atoms with Crippen molar-refractivity contribution in [3.8, 4) is 0 Å². The van der Waals surface area contributed by atoms with E-state index < -0.39 is 47.3 Å². The molecular weight excluding hydrogens is 586 g/mol. The standard InChI is InChI=1S/C33H34F2N4O6/c1-19(2)44-31(40)26-20(3)37-30(36)28(27(26)23-10-7-11-24(16-23)39(42)43)32(41)45-25-17-38(18-25)29(21-8-5-4-6-9-21)22-12-14-33(34,35)15-13-22/h4-14,16,19,25,27,29,37H,15,17-18,36H2,1-3H3. The topological polar surface area (TPSA) is 137 Å². The fourth-order valence-electron chi connectivity index (χ4n) is 5.81. The van der Waals surface area contributed by atoms with Crippen LogP contribution in [0, 0.1) is 10.1 Å². The van der Waals surface area contributed by atoms with Crippen molar-refractivity contribution >= 4 is 17.6 Å². The van der Waals surface area contributed by atoms with E-state index in [1.807, 2.05) is 35.2 Å². The summed E-state index contributed by atoms with van der Waals surface area (Å²) in [6, 6.07) is 14.8. The lowest BCUT2D eigenvalue weighted by molar-refractivity contribution is -0.384. The van der Waals surface area contributed by atoms with Crippen LogP contribution in [0.15, 0.2) is 101 Å². The van der Waals surface area contributed by atoms with Crippen LogP contribution in [-0.4, -0.2) is 53.0 Å². The number of carbonyl (C=O) groups is 2. The first-order chi connectivity index (χ1) is 21.3. The zero-order valence-corrected chi connectivity index (χ0v) is 25.0. The number of nitrogens with two attached hydrogens (primary N) is 1. The third-order valence-corrected chi connectivity index (χ3v) is 7.87. The Balaban J connectivity index is 1.40. The summed E-state index contributed by atoms with van der Waals surface area (Å²) >= 11 is 0. The van der Waals surface area contributed by atoms with Crippen LogP contribution in [-0.2, 0) is 19.1 Å². The summed E-state index contributed by atoms with van der Waals surface area (Å²) in [4.78, 5) is 40.1. The van der Waals surface area contributed by atoms with Crippen LogP contribution in [0.1, 0.15) is 50.3 Å². The zero-order chi connectivity index (χ0) is 32.5. The number of non-ortho nitro benzene ring substituents is 1. The van der Waals surface area contributed by atoms with E-state index in [4.69, 9.17) is 15.2 Å². The van der Waals surface area contributed by atoms with Gasteiger partial charge in [0.15, 0.2) is 0 Å². The highest BCUT2D eigenvalue weighted by molar-refractivity contribution is 6.00. The smallest absolute Gasteiger partial charge is 0.339 e. The largest absolute Gasteiger partial charge is 0.460 e. The molecule has 2 atom stereocenters. The molecule has 1 saturated heterocycles. The van der Waals surface area contributed by atoms with Gasteiger partial charge in [-0.15, -0.1) is 0 Å². The molecule has 2 aliphatic heterocycles. The Morgan fingerprint density at radius 3 is 2.42 bits per heavy atom. The van der Waals surface area contributed by atoms with Crippen molar-refractivity contribution < 1.29 is 32.8 Å². The average Bonchev–Trinajstić information content (AvgIpc) is 2.96. The number of hydrogen-bond acceptors (Lipinski definition) is 9. The number of likely N-dealkylation sites (tertiary alicyclic amines) is 1. The van der Waals surface area contributed by atoms with Crippen molar-refractivity contribution in [1.82, 2.24) is 10.2 Å². The van der Waals surface area contributed by atoms with Crippen molar-refractivity contribution in [2.75, 3.05) is 13.1 Å². The van der Waals surface area contributed by atoms with Crippen molar-refractivity contribution in [3.63, 3.8) is 0 Å². The summed E-state index contributed by atoms with van der Waals surface area (Å²) in [6.45, 7) is 5.59. The number of alkyl halides is 2. The number of rotatable bonds is 9. The highest BCUT2D eigenvalue weighted by atomic mass is 19.3. The quantitative estimate of drug-likeness (QED) is 0.221. The van der Waals surface area contributed by atoms with Crippen LogP contribution in [0.3, 0.4) is 0 Å². The molecule has 2 aromatic rings. The molecule has 0 aromatic heterocycles. The van der Waals surface area contributed by atoms with Gasteiger partial charge in [-0.2, -0.15) is 0 Å². The predicted octanol–water partition coefficient (Wildman–Crippen LogP) is 5.17. The molecule has 0 spiro atoms. The maximum Gasteiger partial charge on any atom is 0.339 e. The van der Waals surface area contributed by atoms with Crippen molar-refractivity contribution in [1.29, 1.82) is 0 Å². The van der Waals surface area contributed by atoms with Crippen LogP contribution in [0.4, 0.5) is 14.5 Å². The summed E-state index contributed by atoms with van der Waals surface area (Å²) in [5.74, 6) is -5.55. The molecule has 45 heavy (non-hydrogen) atoms. The van der Waals surface area contributed by atoms with Crippen LogP contribution in [0.25, 0.3) is 0 Å². The lowest BCUT2D eigenvalue weighted by Gasteiger charge is -2.45. The fourth-order valence-corrected chi connectivity index (χ4v) is 5.81. The van der Waals surface area contributed by atoms with E-state index in [-0.39, 0.29) is 28.7 Å². The number of benzene rings is 2. The minimum atomic E-state index is -2.90. The number of nitro benzene ring substituents is 1. The Labute approximate surface area is 259 Å². The molecular formula is C33H34F2N4O6. The minimum Gasteiger partial charge on any atom is -0.460 e. The van der Waals surface area contributed by atoms with E-state index in [9.17, 15) is 28.5 Å². The molecule has 2 aromatic carbocycles. The Hall–Kier alpha value is -4.84. The molecule has 0 bridgehead atoms. The van der Waals surface area contributed by atoms with Gasteiger partial charge in [-0.05, 0) is 43.5 Å². The SMILES string of the molecule is CC1=C(C(=O)OC(C)C)C(c2cccc([N+](=O)[O-])c2)C(C(=O)OC2CN(C(C3=CCC(F)(F)C=C3)c3ccccc3)C2)=C(N)N1. The molecule has 3 aliphatic rings. The number of allylic oxidation sites excluding steroid dienone is 3. The van der Waals surface area contributed by atoms with Crippen molar-refractivity contribution in [3.05, 3.63) is 122 Å². The number of esters is 2. The number of carbonyl (C=O) groups excluding carboxylic acids is 2. The van der Waals surface area contributed by atoms with Gasteiger partial charge < -0.3 is 20.5 Å². The summed E-state index contributed by atoms with van der Waals surface area (Å²) < 4.78 is 39.0. The average molecular weight is 621 g/mol. The molecule has 0 radical (unpaired) electrons. The first kappa shape index (κ1) is 31.6. The van der Waals surface area contributed by atoms with E-state index in [1.165, 1.54) is 30.4 Å². The number of nitrogens with zero attached hydrogens (tertiary/aromatic N) is 2. The second-order valence-corrected chi connectivity index (χ2v) is 11.5. The number of halogens is 2. The van der Waals surface area contributed by atoms with Crippen LogP contribution in [0.2, 0.25) is 0 Å². The first-order valence-corrected chi connectivity index (χ1v) is 14.5. The third-order valence-electron chi connectivity index (χ3n) is 7.87. The van der Waals surface area contributed by atoms with Crippen LogP contribution >= 0.6 is 0 Å². The number of nitrogens with one attached hydrogen (secondary N) is 1. The third kappa shape index (κ3) is 6.80. The number of dihydropyridines is 1. The highest BCUT2D eigenvalue weighted by Gasteiger charge is 2.43. The molecule has 1 fully saturated rings. The Kier molecular flexibility index (Phi) is 8.87. The van der Waals surface area contributed by atoms with E-state index in [2.05, 4.69) is 5.32 Å². The van der Waals surface area contributed by atoms with Gasteiger partial charge in [0.05, 0.1) is 34.1 Å². The lowest BCUT2D eigenvalue weighted by Crippen LogP contribution is -2.54. The molecule has 2 unspecified atom stereocenters. The molecule has 5 rings (SSSR count). The summed E-state index contributed by atoms with van der Waals surface area (Å²) in [7, 11) is 0. The first-order valence-electron chi connectivity index (χ1n) is 14.5. The maximum absolute atomic E-state index is 13.8. The second kappa shape index (κ2) is 12.6. The van der Waals surface area contributed by atoms with E-state index >= 15 is 0 Å². The van der Waals surface area contributed by atoms with Crippen LogP contribution in [0.5, 0.6) is 0 Å². The van der Waals surface area contributed by atoms with E-state index in [0.717, 1.165) is 17.2 Å². The zero-order valence-electron chi connectivity index (χ0n) is 25.0. The predicted molar refractivity (Wildman–Crippen MR) is 162 cm³/mol. The summed E-state index contributed by atoms with van der Waals surface area (Å²) in [5.41, 5.74) is 8.37. The Morgan fingerprint density at radius 2 is 1.80 bits per heavy atom. The molecule has 236 valence electrons. The van der Waals surface area contributed by atoms with Gasteiger partial charge in [0.1, 0.15) is 11.9 Å². The normalized spacial score (nSPS) is 20.7. The molecule has 0 amide bonds. The second-order valence-electron chi connectivity index (χ2n) is 11.5. The number of hydrogen-bond donors (Lipinski definition) is 2. The maximum atomic E-state index is 13.8. The van der Waals surface area contributed by atoms with Gasteiger partial charge >= 0.3 is 11.9 Å². The molecule has 0 saturated carbocycles. The lowest BCUT2D eigenvalue weighted by atomic mass is 9.81. The van der Waals surface area contributed by atoms with Gasteiger partial charge in [-0.3, -0.25) is 15.0 Å². The Morgan fingerprint density at radius 1 is 1.09 bits per heavy atom. The monoisotopic (exact) mass is 620 g/mol. The van der Waals surface area contributed by atoms with Gasteiger partial charge in [0.25, 0.3) is 11.6 Å². The van der Waals surface area contributed by atoms with Gasteiger partial charge in [-0.25, -0.2) is 18.4 Å². The van der Waals surface area contributed by atoms with Gasteiger partial charge in [0.2, 0.25) is 0 Å². The Bertz CT molecular complexity index is 1630. The van der Waals surface area contributed by atoms with Crippen molar-refractivity contribution in [2.24, 2.45) is 5.73 Å². The fraction of sp³-hybridized carbons (Fsp3) is 0.333.